The molecule has 0 unspecified atom stereocenters. The Labute approximate surface area is 109 Å². The highest BCUT2D eigenvalue weighted by atomic mass is 79.9. The second-order valence-corrected chi connectivity index (χ2v) is 5.61. The van der Waals surface area contributed by atoms with Gasteiger partial charge < -0.3 is 14.2 Å². The molecule has 2 rings (SSSR count). The Kier molecular flexibility index (Phi) is 3.40. The van der Waals surface area contributed by atoms with Crippen molar-refractivity contribution in [2.45, 2.75) is 32.9 Å². The van der Waals surface area contributed by atoms with Gasteiger partial charge in [-0.05, 0) is 48.8 Å². The number of hydrogen-bond acceptors (Lipinski definition) is 4. The molecule has 0 atom stereocenters. The molecule has 2 aromatic heterocycles. The number of oxazole rings is 1. The van der Waals surface area contributed by atoms with Crippen molar-refractivity contribution in [2.75, 3.05) is 0 Å². The van der Waals surface area contributed by atoms with Gasteiger partial charge in [0.2, 0.25) is 5.89 Å². The van der Waals surface area contributed by atoms with E-state index in [0.717, 1.165) is 0 Å². The monoisotopic (exact) mass is 298 g/mol. The van der Waals surface area contributed by atoms with E-state index in [4.69, 9.17) is 8.83 Å². The quantitative estimate of drug-likeness (QED) is 0.941. The molecule has 0 bridgehead atoms. The third-order valence-corrected chi connectivity index (χ3v) is 2.57. The smallest absolute Gasteiger partial charge is 0.209 e. The summed E-state index contributed by atoms with van der Waals surface area (Å²) in [5.74, 6) is 1.97. The molecular formula is C12H15BrN2O2. The molecule has 1 N–H and O–H groups in total. The van der Waals surface area contributed by atoms with E-state index in [9.17, 15) is 0 Å². The molecule has 0 aliphatic carbocycles. The maximum Gasteiger partial charge on any atom is 0.209 e. The Hall–Kier alpha value is -1.07. The van der Waals surface area contributed by atoms with Crippen molar-refractivity contribution in [3.05, 3.63) is 28.9 Å². The Balaban J connectivity index is 2.06. The van der Waals surface area contributed by atoms with Crippen LogP contribution in [0.4, 0.5) is 0 Å². The first-order chi connectivity index (χ1) is 7.94. The number of hydrogen-bond donors (Lipinski definition) is 1. The number of aromatic nitrogens is 1. The minimum Gasteiger partial charge on any atom is -0.446 e. The van der Waals surface area contributed by atoms with Gasteiger partial charge in [-0.2, -0.15) is 0 Å². The van der Waals surface area contributed by atoms with Crippen LogP contribution in [0.2, 0.25) is 0 Å². The van der Waals surface area contributed by atoms with Gasteiger partial charge in [0.05, 0.1) is 12.7 Å². The molecule has 92 valence electrons. The second-order valence-electron chi connectivity index (χ2n) is 4.83. The van der Waals surface area contributed by atoms with Crippen molar-refractivity contribution in [2.24, 2.45) is 0 Å². The van der Waals surface area contributed by atoms with E-state index in [2.05, 4.69) is 47.0 Å². The van der Waals surface area contributed by atoms with Gasteiger partial charge >= 0.3 is 0 Å². The summed E-state index contributed by atoms with van der Waals surface area (Å²) in [6.45, 7) is 6.90. The van der Waals surface area contributed by atoms with E-state index in [1.165, 1.54) is 0 Å². The van der Waals surface area contributed by atoms with Gasteiger partial charge in [0.25, 0.3) is 0 Å². The molecule has 0 amide bonds. The van der Waals surface area contributed by atoms with Crippen LogP contribution in [0.5, 0.6) is 0 Å². The van der Waals surface area contributed by atoms with Crippen molar-refractivity contribution < 1.29 is 8.83 Å². The molecule has 2 aromatic rings. The summed E-state index contributed by atoms with van der Waals surface area (Å²) in [6.07, 6.45) is 1.67. The molecule has 0 radical (unpaired) electrons. The van der Waals surface area contributed by atoms with Gasteiger partial charge in [-0.15, -0.1) is 0 Å². The molecule has 2 heterocycles. The van der Waals surface area contributed by atoms with Gasteiger partial charge in [0.15, 0.2) is 16.2 Å². The van der Waals surface area contributed by atoms with Crippen LogP contribution in [0.15, 0.2) is 31.8 Å². The summed E-state index contributed by atoms with van der Waals surface area (Å²) in [5.41, 5.74) is 0.0440. The van der Waals surface area contributed by atoms with E-state index in [1.807, 2.05) is 12.1 Å². The predicted octanol–water partition coefficient (Wildman–Crippen LogP) is 3.59. The first-order valence-corrected chi connectivity index (χ1v) is 6.19. The number of rotatable bonds is 3. The Morgan fingerprint density at radius 1 is 1.24 bits per heavy atom. The Bertz CT molecular complexity index is 497. The normalized spacial score (nSPS) is 12.0. The van der Waals surface area contributed by atoms with Crippen LogP contribution < -0.4 is 5.32 Å². The third kappa shape index (κ3) is 3.44. The van der Waals surface area contributed by atoms with Gasteiger partial charge in [-0.1, -0.05) is 0 Å². The topological polar surface area (TPSA) is 51.2 Å². The summed E-state index contributed by atoms with van der Waals surface area (Å²) in [4.78, 5) is 4.20. The largest absolute Gasteiger partial charge is 0.446 e. The first-order valence-electron chi connectivity index (χ1n) is 5.39. The van der Waals surface area contributed by atoms with Crippen LogP contribution in [0.3, 0.4) is 0 Å². The van der Waals surface area contributed by atoms with Gasteiger partial charge in [-0.3, -0.25) is 0 Å². The first kappa shape index (κ1) is 12.4. The summed E-state index contributed by atoms with van der Waals surface area (Å²) >= 11 is 3.25. The average Bonchev–Trinajstić information content (AvgIpc) is 2.81. The molecule has 4 nitrogen and oxygen atoms in total. The minimum atomic E-state index is 0.0440. The zero-order chi connectivity index (χ0) is 12.5. The maximum absolute atomic E-state index is 5.59. The molecule has 5 heteroatoms. The average molecular weight is 299 g/mol. The lowest BCUT2D eigenvalue weighted by atomic mass is 10.1. The fraction of sp³-hybridized carbons (Fsp3) is 0.417. The van der Waals surface area contributed by atoms with Gasteiger partial charge in [-0.25, -0.2) is 4.98 Å². The van der Waals surface area contributed by atoms with Gasteiger partial charge in [0.1, 0.15) is 0 Å². The van der Waals surface area contributed by atoms with Crippen molar-refractivity contribution in [1.29, 1.82) is 0 Å². The van der Waals surface area contributed by atoms with E-state index in [1.54, 1.807) is 6.20 Å². The highest BCUT2D eigenvalue weighted by Gasteiger charge is 2.13. The van der Waals surface area contributed by atoms with E-state index >= 15 is 0 Å². The summed E-state index contributed by atoms with van der Waals surface area (Å²) in [7, 11) is 0. The zero-order valence-corrected chi connectivity index (χ0v) is 11.7. The molecule has 0 saturated heterocycles. The molecule has 0 aliphatic rings. The SMILES string of the molecule is CC(C)(C)NCc1ncc(-c2ccc(Br)o2)o1. The molecule has 0 spiro atoms. The van der Waals surface area contributed by atoms with Crippen LogP contribution in [0.25, 0.3) is 11.5 Å². The zero-order valence-electron chi connectivity index (χ0n) is 10.1. The molecule has 0 aliphatic heterocycles. The van der Waals surface area contributed by atoms with E-state index in [-0.39, 0.29) is 5.54 Å². The third-order valence-electron chi connectivity index (χ3n) is 2.14. The molecule has 0 aromatic carbocycles. The Morgan fingerprint density at radius 3 is 2.59 bits per heavy atom. The number of furan rings is 1. The highest BCUT2D eigenvalue weighted by molar-refractivity contribution is 9.10. The number of nitrogens with zero attached hydrogens (tertiary/aromatic N) is 1. The van der Waals surface area contributed by atoms with Crippen LogP contribution in [-0.4, -0.2) is 10.5 Å². The minimum absolute atomic E-state index is 0.0440. The van der Waals surface area contributed by atoms with E-state index in [0.29, 0.717) is 28.6 Å². The lowest BCUT2D eigenvalue weighted by Gasteiger charge is -2.18. The van der Waals surface area contributed by atoms with Crippen LogP contribution in [-0.2, 0) is 6.54 Å². The summed E-state index contributed by atoms with van der Waals surface area (Å²) < 4.78 is 11.7. The maximum atomic E-state index is 5.59. The van der Waals surface area contributed by atoms with E-state index < -0.39 is 0 Å². The second kappa shape index (κ2) is 4.66. The highest BCUT2D eigenvalue weighted by Crippen LogP contribution is 2.25. The fourth-order valence-electron chi connectivity index (χ4n) is 1.29. The van der Waals surface area contributed by atoms with Crippen LogP contribution in [0.1, 0.15) is 26.7 Å². The lowest BCUT2D eigenvalue weighted by Crippen LogP contribution is -2.35. The molecular weight excluding hydrogens is 284 g/mol. The summed E-state index contributed by atoms with van der Waals surface area (Å²) in [6, 6.07) is 3.66. The van der Waals surface area contributed by atoms with Crippen molar-refractivity contribution >= 4 is 15.9 Å². The van der Waals surface area contributed by atoms with Crippen LogP contribution in [0, 0.1) is 0 Å². The summed E-state index contributed by atoms with van der Waals surface area (Å²) in [5, 5.41) is 3.31. The van der Waals surface area contributed by atoms with Crippen LogP contribution >= 0.6 is 15.9 Å². The van der Waals surface area contributed by atoms with Gasteiger partial charge in [0, 0.05) is 5.54 Å². The fourth-order valence-corrected chi connectivity index (χ4v) is 1.60. The predicted molar refractivity (Wildman–Crippen MR) is 68.5 cm³/mol. The number of halogens is 1. The molecule has 17 heavy (non-hydrogen) atoms. The van der Waals surface area contributed by atoms with Crippen molar-refractivity contribution in [3.63, 3.8) is 0 Å². The van der Waals surface area contributed by atoms with Crippen molar-refractivity contribution in [1.82, 2.24) is 10.3 Å². The standard InChI is InChI=1S/C12H15BrN2O2/c1-12(2,3)15-7-11-14-6-9(17-11)8-4-5-10(13)16-8/h4-6,15H,7H2,1-3H3. The Morgan fingerprint density at radius 2 is 2.00 bits per heavy atom. The number of nitrogens with one attached hydrogen (secondary N) is 1. The molecule has 0 saturated carbocycles. The van der Waals surface area contributed by atoms with Crippen molar-refractivity contribution in [3.8, 4) is 11.5 Å². The lowest BCUT2D eigenvalue weighted by molar-refractivity contribution is 0.381. The molecule has 0 fully saturated rings.